The Morgan fingerprint density at radius 3 is 2.92 bits per heavy atom. The number of hydrogen-bond donors (Lipinski definition) is 0. The molecule has 3 heterocycles. The SMILES string of the molecule is Cc1ccc(N2CCCC2)c(C(=O)N2CCS[C@H]3COCC[C@H]32)c1. The number of carbonyl (C=O) groups excluding carboxylic acids is 1. The third-order valence-corrected chi connectivity index (χ3v) is 6.72. The minimum atomic E-state index is 0.220. The average Bonchev–Trinajstić information content (AvgIpc) is 3.15. The van der Waals surface area contributed by atoms with Crippen LogP contribution in [0.3, 0.4) is 0 Å². The van der Waals surface area contributed by atoms with Crippen LogP contribution in [0.25, 0.3) is 0 Å². The van der Waals surface area contributed by atoms with Gasteiger partial charge in [-0.15, -0.1) is 0 Å². The Labute approximate surface area is 148 Å². The maximum Gasteiger partial charge on any atom is 0.256 e. The van der Waals surface area contributed by atoms with Gasteiger partial charge >= 0.3 is 0 Å². The summed E-state index contributed by atoms with van der Waals surface area (Å²) >= 11 is 1.97. The van der Waals surface area contributed by atoms with E-state index in [1.165, 1.54) is 12.8 Å². The average molecular weight is 346 g/mol. The van der Waals surface area contributed by atoms with Crippen molar-refractivity contribution in [2.24, 2.45) is 0 Å². The summed E-state index contributed by atoms with van der Waals surface area (Å²) in [6.07, 6.45) is 3.42. The van der Waals surface area contributed by atoms with Gasteiger partial charge in [-0.1, -0.05) is 11.6 Å². The van der Waals surface area contributed by atoms with E-state index in [1.807, 2.05) is 11.8 Å². The van der Waals surface area contributed by atoms with E-state index in [0.29, 0.717) is 11.3 Å². The lowest BCUT2D eigenvalue weighted by Gasteiger charge is -2.43. The van der Waals surface area contributed by atoms with Crippen LogP contribution >= 0.6 is 11.8 Å². The molecule has 4 nitrogen and oxygen atoms in total. The molecule has 0 aromatic heterocycles. The Hall–Kier alpha value is -1.20. The van der Waals surface area contributed by atoms with Crippen LogP contribution in [-0.4, -0.2) is 60.7 Å². The van der Waals surface area contributed by atoms with E-state index in [-0.39, 0.29) is 5.91 Å². The van der Waals surface area contributed by atoms with Crippen molar-refractivity contribution in [2.75, 3.05) is 43.5 Å². The third kappa shape index (κ3) is 3.04. The highest BCUT2D eigenvalue weighted by molar-refractivity contribution is 8.00. The van der Waals surface area contributed by atoms with E-state index < -0.39 is 0 Å². The van der Waals surface area contributed by atoms with Crippen molar-refractivity contribution in [1.29, 1.82) is 0 Å². The molecule has 24 heavy (non-hydrogen) atoms. The molecular formula is C19H26N2O2S. The summed E-state index contributed by atoms with van der Waals surface area (Å²) in [5.74, 6) is 1.24. The Morgan fingerprint density at radius 1 is 1.25 bits per heavy atom. The van der Waals surface area contributed by atoms with Crippen LogP contribution in [0.1, 0.15) is 35.2 Å². The maximum atomic E-state index is 13.4. The molecule has 1 aromatic carbocycles. The lowest BCUT2D eigenvalue weighted by molar-refractivity contribution is 0.0319. The first-order valence-corrected chi connectivity index (χ1v) is 10.1. The minimum Gasteiger partial charge on any atom is -0.380 e. The fourth-order valence-corrected chi connectivity index (χ4v) is 5.45. The number of benzene rings is 1. The van der Waals surface area contributed by atoms with Crippen LogP contribution in [0.5, 0.6) is 0 Å². The summed E-state index contributed by atoms with van der Waals surface area (Å²) in [6, 6.07) is 6.70. The van der Waals surface area contributed by atoms with Crippen molar-refractivity contribution in [3.05, 3.63) is 29.3 Å². The number of thioether (sulfide) groups is 1. The molecule has 5 heteroatoms. The fraction of sp³-hybridized carbons (Fsp3) is 0.632. The molecule has 1 amide bonds. The van der Waals surface area contributed by atoms with Gasteiger partial charge in [0.15, 0.2) is 0 Å². The number of carbonyl (C=O) groups is 1. The van der Waals surface area contributed by atoms with Gasteiger partial charge in [-0.25, -0.2) is 0 Å². The van der Waals surface area contributed by atoms with E-state index in [0.717, 1.165) is 61.8 Å². The number of amides is 1. The predicted molar refractivity (Wildman–Crippen MR) is 99.1 cm³/mol. The highest BCUT2D eigenvalue weighted by Crippen LogP contribution is 2.33. The molecule has 130 valence electrons. The molecule has 0 N–H and O–H groups in total. The Bertz CT molecular complexity index is 613. The molecule has 0 aliphatic carbocycles. The second-order valence-corrected chi connectivity index (χ2v) is 8.40. The predicted octanol–water partition coefficient (Wildman–Crippen LogP) is 2.94. The van der Waals surface area contributed by atoms with E-state index in [4.69, 9.17) is 4.74 Å². The summed E-state index contributed by atoms with van der Waals surface area (Å²) in [5, 5.41) is 0.441. The molecule has 1 aromatic rings. The van der Waals surface area contributed by atoms with Gasteiger partial charge in [-0.05, 0) is 38.3 Å². The van der Waals surface area contributed by atoms with Crippen molar-refractivity contribution >= 4 is 23.4 Å². The van der Waals surface area contributed by atoms with Crippen LogP contribution in [0.2, 0.25) is 0 Å². The molecule has 4 rings (SSSR count). The molecule has 3 aliphatic rings. The molecule has 3 fully saturated rings. The first-order valence-electron chi connectivity index (χ1n) is 9.10. The Kier molecular flexibility index (Phi) is 4.72. The van der Waals surface area contributed by atoms with Crippen molar-refractivity contribution in [1.82, 2.24) is 4.90 Å². The molecule has 0 unspecified atom stereocenters. The van der Waals surface area contributed by atoms with E-state index in [9.17, 15) is 4.79 Å². The largest absolute Gasteiger partial charge is 0.380 e. The second-order valence-electron chi connectivity index (χ2n) is 7.05. The molecule has 0 spiro atoms. The van der Waals surface area contributed by atoms with Gasteiger partial charge in [0.1, 0.15) is 0 Å². The smallest absolute Gasteiger partial charge is 0.256 e. The minimum absolute atomic E-state index is 0.220. The topological polar surface area (TPSA) is 32.8 Å². The van der Waals surface area contributed by atoms with Gasteiger partial charge < -0.3 is 14.5 Å². The molecule has 0 bridgehead atoms. The number of hydrogen-bond acceptors (Lipinski definition) is 4. The lowest BCUT2D eigenvalue weighted by Crippen LogP contribution is -2.54. The van der Waals surface area contributed by atoms with E-state index in [2.05, 4.69) is 34.9 Å². The van der Waals surface area contributed by atoms with Crippen LogP contribution in [0, 0.1) is 6.92 Å². The van der Waals surface area contributed by atoms with Crippen LogP contribution in [0.4, 0.5) is 5.69 Å². The van der Waals surface area contributed by atoms with E-state index in [1.54, 1.807) is 0 Å². The molecule has 0 saturated carbocycles. The molecule has 3 saturated heterocycles. The summed E-state index contributed by atoms with van der Waals surface area (Å²) in [6.45, 7) is 6.63. The van der Waals surface area contributed by atoms with Gasteiger partial charge in [-0.3, -0.25) is 4.79 Å². The van der Waals surface area contributed by atoms with Crippen molar-refractivity contribution in [3.8, 4) is 0 Å². The number of rotatable bonds is 2. The molecule has 3 aliphatic heterocycles. The normalized spacial score (nSPS) is 27.2. The lowest BCUT2D eigenvalue weighted by atomic mass is 10.0. The van der Waals surface area contributed by atoms with Crippen molar-refractivity contribution in [2.45, 2.75) is 37.5 Å². The van der Waals surface area contributed by atoms with Crippen molar-refractivity contribution < 1.29 is 9.53 Å². The molecular weight excluding hydrogens is 320 g/mol. The number of aryl methyl sites for hydroxylation is 1. The highest BCUT2D eigenvalue weighted by atomic mass is 32.2. The number of anilines is 1. The zero-order valence-electron chi connectivity index (χ0n) is 14.4. The van der Waals surface area contributed by atoms with Gasteiger partial charge in [0.05, 0.1) is 12.2 Å². The zero-order chi connectivity index (χ0) is 16.5. The van der Waals surface area contributed by atoms with E-state index >= 15 is 0 Å². The fourth-order valence-electron chi connectivity index (χ4n) is 4.15. The quantitative estimate of drug-likeness (QED) is 0.824. The number of nitrogens with zero attached hydrogens (tertiary/aromatic N) is 2. The Balaban J connectivity index is 1.64. The number of fused-ring (bicyclic) bond motifs is 1. The van der Waals surface area contributed by atoms with Gasteiger partial charge in [-0.2, -0.15) is 11.8 Å². The second kappa shape index (κ2) is 6.96. The molecule has 2 atom stereocenters. The Morgan fingerprint density at radius 2 is 2.08 bits per heavy atom. The monoisotopic (exact) mass is 346 g/mol. The van der Waals surface area contributed by atoms with Crippen LogP contribution in [-0.2, 0) is 4.74 Å². The van der Waals surface area contributed by atoms with Crippen LogP contribution < -0.4 is 4.90 Å². The van der Waals surface area contributed by atoms with Gasteiger partial charge in [0.25, 0.3) is 5.91 Å². The van der Waals surface area contributed by atoms with Gasteiger partial charge in [0, 0.05) is 49.0 Å². The first kappa shape index (κ1) is 16.3. The maximum absolute atomic E-state index is 13.4. The summed E-state index contributed by atoms with van der Waals surface area (Å²) in [4.78, 5) is 18.0. The number of ether oxygens (including phenoxy) is 1. The third-order valence-electron chi connectivity index (χ3n) is 5.42. The first-order chi connectivity index (χ1) is 11.7. The summed E-state index contributed by atoms with van der Waals surface area (Å²) < 4.78 is 5.63. The summed E-state index contributed by atoms with van der Waals surface area (Å²) in [7, 11) is 0. The summed E-state index contributed by atoms with van der Waals surface area (Å²) in [5.41, 5.74) is 3.19. The standard InChI is InChI=1S/C19H26N2O2S/c1-14-4-5-16(20-7-2-3-8-20)15(12-14)19(22)21-9-11-24-18-13-23-10-6-17(18)21/h4-5,12,17-18H,2-3,6-11,13H2,1H3/t17-,18+/m1/s1. The van der Waals surface area contributed by atoms with Gasteiger partial charge in [0.2, 0.25) is 0 Å². The van der Waals surface area contributed by atoms with Crippen LogP contribution in [0.15, 0.2) is 18.2 Å². The van der Waals surface area contributed by atoms with Crippen molar-refractivity contribution in [3.63, 3.8) is 0 Å². The zero-order valence-corrected chi connectivity index (χ0v) is 15.2. The highest BCUT2D eigenvalue weighted by Gasteiger charge is 2.38. The molecule has 0 radical (unpaired) electrons.